The van der Waals surface area contributed by atoms with Crippen molar-refractivity contribution >= 4 is 46.0 Å². The summed E-state index contributed by atoms with van der Waals surface area (Å²) >= 11 is 11.1. The average Bonchev–Trinajstić information content (AvgIpc) is 2.53. The zero-order valence-corrected chi connectivity index (χ0v) is 14.9. The van der Waals surface area contributed by atoms with E-state index in [1.54, 1.807) is 0 Å². The highest BCUT2D eigenvalue weighted by Crippen LogP contribution is 2.49. The molecule has 1 N–H and O–H groups in total. The molecule has 7 nitrogen and oxygen atoms in total. The molecular weight excluding hydrogens is 459 g/mol. The molecule has 0 radical (unpaired) electrons. The standard InChI is InChI=1S/C14H5Cl2F6N3O4/c15-7-3-5(13(17,18)19)1-2-8(7)23-11-9(24(26)27)4-6(14(20,21)22)10(16)12(11)25(28)29/h1-4,23H. The van der Waals surface area contributed by atoms with Crippen LogP contribution in [0, 0.1) is 20.2 Å². The maximum absolute atomic E-state index is 13.0. The Kier molecular flexibility index (Phi) is 5.86. The monoisotopic (exact) mass is 463 g/mol. The molecule has 2 aromatic carbocycles. The van der Waals surface area contributed by atoms with Crippen molar-refractivity contribution in [2.75, 3.05) is 5.32 Å². The number of rotatable bonds is 4. The fraction of sp³-hybridized carbons (Fsp3) is 0.143. The van der Waals surface area contributed by atoms with Gasteiger partial charge in [-0.05, 0) is 18.2 Å². The molecule has 0 bridgehead atoms. The molecular formula is C14H5Cl2F6N3O4. The second-order valence-electron chi connectivity index (χ2n) is 5.31. The summed E-state index contributed by atoms with van der Waals surface area (Å²) in [6.45, 7) is 0. The maximum Gasteiger partial charge on any atom is 0.418 e. The van der Waals surface area contributed by atoms with Crippen LogP contribution in [0.5, 0.6) is 0 Å². The molecule has 0 amide bonds. The van der Waals surface area contributed by atoms with Gasteiger partial charge in [-0.25, -0.2) is 0 Å². The normalized spacial score (nSPS) is 12.0. The molecule has 0 aromatic heterocycles. The molecule has 2 aromatic rings. The molecule has 29 heavy (non-hydrogen) atoms. The van der Waals surface area contributed by atoms with Crippen LogP contribution in [0.1, 0.15) is 11.1 Å². The van der Waals surface area contributed by atoms with E-state index in [-0.39, 0.29) is 6.07 Å². The molecule has 0 spiro atoms. The Balaban J connectivity index is 2.74. The molecule has 0 saturated heterocycles. The van der Waals surface area contributed by atoms with Gasteiger partial charge >= 0.3 is 23.7 Å². The third-order valence-electron chi connectivity index (χ3n) is 3.46. The van der Waals surface area contributed by atoms with Crippen molar-refractivity contribution in [3.05, 3.63) is 65.7 Å². The minimum absolute atomic E-state index is 0.0321. The highest BCUT2D eigenvalue weighted by Gasteiger charge is 2.42. The highest BCUT2D eigenvalue weighted by molar-refractivity contribution is 6.35. The van der Waals surface area contributed by atoms with Crippen molar-refractivity contribution in [2.45, 2.75) is 12.4 Å². The maximum atomic E-state index is 13.0. The number of nitrogens with zero attached hydrogens (tertiary/aromatic N) is 2. The Morgan fingerprint density at radius 2 is 1.48 bits per heavy atom. The number of alkyl halides is 6. The van der Waals surface area contributed by atoms with Crippen LogP contribution in [0.25, 0.3) is 0 Å². The van der Waals surface area contributed by atoms with Gasteiger partial charge in [-0.3, -0.25) is 20.2 Å². The average molecular weight is 464 g/mol. The Labute approximate surface area is 166 Å². The van der Waals surface area contributed by atoms with Crippen molar-refractivity contribution in [1.82, 2.24) is 0 Å². The summed E-state index contributed by atoms with van der Waals surface area (Å²) in [5.41, 5.74) is -7.46. The van der Waals surface area contributed by atoms with E-state index >= 15 is 0 Å². The Bertz CT molecular complexity index is 1010. The largest absolute Gasteiger partial charge is 0.418 e. The number of anilines is 2. The number of benzene rings is 2. The van der Waals surface area contributed by atoms with Crippen LogP contribution < -0.4 is 5.32 Å². The van der Waals surface area contributed by atoms with Gasteiger partial charge in [0.2, 0.25) is 0 Å². The first-order valence-electron chi connectivity index (χ1n) is 7.00. The lowest BCUT2D eigenvalue weighted by Gasteiger charge is -2.15. The number of hydrogen-bond acceptors (Lipinski definition) is 5. The van der Waals surface area contributed by atoms with Crippen LogP contribution in [0.2, 0.25) is 10.0 Å². The second-order valence-corrected chi connectivity index (χ2v) is 6.10. The predicted octanol–water partition coefficient (Wildman–Crippen LogP) is 6.59. The molecule has 156 valence electrons. The van der Waals surface area contributed by atoms with E-state index in [4.69, 9.17) is 23.2 Å². The van der Waals surface area contributed by atoms with E-state index in [1.807, 2.05) is 5.32 Å². The lowest BCUT2D eigenvalue weighted by Crippen LogP contribution is -2.11. The minimum atomic E-state index is -5.25. The molecule has 0 aliphatic carbocycles. The lowest BCUT2D eigenvalue weighted by atomic mass is 10.1. The second kappa shape index (κ2) is 7.55. The Hall–Kier alpha value is -2.80. The first kappa shape index (κ1) is 22.5. The van der Waals surface area contributed by atoms with Crippen LogP contribution >= 0.6 is 23.2 Å². The third-order valence-corrected chi connectivity index (χ3v) is 4.15. The van der Waals surface area contributed by atoms with E-state index in [2.05, 4.69) is 0 Å². The quantitative estimate of drug-likeness (QED) is 0.313. The van der Waals surface area contributed by atoms with E-state index in [0.717, 1.165) is 0 Å². The zero-order chi connectivity index (χ0) is 22.3. The zero-order valence-electron chi connectivity index (χ0n) is 13.4. The van der Waals surface area contributed by atoms with E-state index < -0.39 is 66.1 Å². The first-order chi connectivity index (χ1) is 13.1. The highest BCUT2D eigenvalue weighted by atomic mass is 35.5. The van der Waals surface area contributed by atoms with Crippen LogP contribution in [-0.2, 0) is 12.4 Å². The van der Waals surface area contributed by atoms with E-state index in [1.165, 1.54) is 0 Å². The molecule has 0 heterocycles. The number of nitro benzene ring substituents is 2. The fourth-order valence-electron chi connectivity index (χ4n) is 2.20. The summed E-state index contributed by atoms with van der Waals surface area (Å²) < 4.78 is 77.2. The summed E-state index contributed by atoms with van der Waals surface area (Å²) in [6.07, 6.45) is -10.0. The van der Waals surface area contributed by atoms with Crippen molar-refractivity contribution in [1.29, 1.82) is 0 Å². The summed E-state index contributed by atoms with van der Waals surface area (Å²) in [7, 11) is 0. The fourth-order valence-corrected chi connectivity index (χ4v) is 2.76. The van der Waals surface area contributed by atoms with Gasteiger partial charge in [0, 0.05) is 6.07 Å². The molecule has 0 fully saturated rings. The topological polar surface area (TPSA) is 98.3 Å². The minimum Gasteiger partial charge on any atom is -0.343 e. The molecule has 0 saturated carbocycles. The molecule has 15 heteroatoms. The lowest BCUT2D eigenvalue weighted by molar-refractivity contribution is -0.392. The summed E-state index contributed by atoms with van der Waals surface area (Å²) in [5, 5.41) is 22.4. The van der Waals surface area contributed by atoms with E-state index in [9.17, 15) is 46.6 Å². The molecule has 0 aliphatic rings. The smallest absolute Gasteiger partial charge is 0.343 e. The van der Waals surface area contributed by atoms with Gasteiger partial charge < -0.3 is 5.32 Å². The number of halogens is 8. The third kappa shape index (κ3) is 4.62. The van der Waals surface area contributed by atoms with Crippen molar-refractivity contribution in [3.63, 3.8) is 0 Å². The molecule has 0 atom stereocenters. The molecule has 0 aliphatic heterocycles. The van der Waals surface area contributed by atoms with Gasteiger partial charge in [0.05, 0.1) is 31.7 Å². The summed E-state index contributed by atoms with van der Waals surface area (Å²) in [4.78, 5) is 19.7. The van der Waals surface area contributed by atoms with Gasteiger partial charge in [0.1, 0.15) is 5.02 Å². The number of hydrogen-bond donors (Lipinski definition) is 1. The summed E-state index contributed by atoms with van der Waals surface area (Å²) in [6, 6.07) is 1.60. The van der Waals surface area contributed by atoms with Crippen molar-refractivity contribution in [3.8, 4) is 0 Å². The van der Waals surface area contributed by atoms with Gasteiger partial charge in [-0.2, -0.15) is 26.3 Å². The van der Waals surface area contributed by atoms with Crippen molar-refractivity contribution in [2.24, 2.45) is 0 Å². The van der Waals surface area contributed by atoms with Gasteiger partial charge in [-0.1, -0.05) is 23.2 Å². The van der Waals surface area contributed by atoms with Crippen LogP contribution in [-0.4, -0.2) is 9.85 Å². The Morgan fingerprint density at radius 3 is 1.90 bits per heavy atom. The first-order valence-corrected chi connectivity index (χ1v) is 7.76. The predicted molar refractivity (Wildman–Crippen MR) is 89.5 cm³/mol. The number of nitro groups is 2. The van der Waals surface area contributed by atoms with Crippen LogP contribution in [0.4, 0.5) is 49.1 Å². The van der Waals surface area contributed by atoms with Crippen LogP contribution in [0.3, 0.4) is 0 Å². The number of nitrogens with one attached hydrogen (secondary N) is 1. The van der Waals surface area contributed by atoms with E-state index in [0.29, 0.717) is 18.2 Å². The molecule has 2 rings (SSSR count). The van der Waals surface area contributed by atoms with Crippen LogP contribution in [0.15, 0.2) is 24.3 Å². The van der Waals surface area contributed by atoms with Gasteiger partial charge in [-0.15, -0.1) is 0 Å². The van der Waals surface area contributed by atoms with Gasteiger partial charge in [0.25, 0.3) is 0 Å². The van der Waals surface area contributed by atoms with Crippen molar-refractivity contribution < 1.29 is 36.2 Å². The summed E-state index contributed by atoms with van der Waals surface area (Å²) in [5.74, 6) is 0. The SMILES string of the molecule is O=[N+]([O-])c1cc(C(F)(F)F)c(Cl)c([N+](=O)[O-])c1Nc1ccc(C(F)(F)F)cc1Cl. The van der Waals surface area contributed by atoms with Gasteiger partial charge in [0.15, 0.2) is 5.69 Å². The Morgan fingerprint density at radius 1 is 0.897 bits per heavy atom. The molecule has 0 unspecified atom stereocenters.